The van der Waals surface area contributed by atoms with Gasteiger partial charge in [-0.2, -0.15) is 4.99 Å². The number of amides is 1. The van der Waals surface area contributed by atoms with Gasteiger partial charge >= 0.3 is 0 Å². The Balaban J connectivity index is 2.29. The van der Waals surface area contributed by atoms with Crippen LogP contribution in [0.3, 0.4) is 0 Å². The molecule has 2 aromatic rings. The number of carbonyl (C=O) groups excluding carboxylic acids is 1. The normalized spacial score (nSPS) is 11.4. The quantitative estimate of drug-likeness (QED) is 0.677. The topological polar surface area (TPSA) is 82.5 Å². The number of anilines is 1. The van der Waals surface area contributed by atoms with E-state index in [1.165, 1.54) is 14.0 Å². The van der Waals surface area contributed by atoms with Gasteiger partial charge in [0.05, 0.1) is 20.0 Å². The Bertz CT molecular complexity index is 632. The number of rotatable bonds is 3. The first kappa shape index (κ1) is 13.8. The number of nitrogen functional groups attached to an aromatic ring is 1. The van der Waals surface area contributed by atoms with E-state index >= 15 is 0 Å². The molecule has 1 aromatic heterocycles. The van der Waals surface area contributed by atoms with E-state index in [0.717, 1.165) is 5.56 Å². The third kappa shape index (κ3) is 3.03. The second-order valence-corrected chi connectivity index (χ2v) is 4.23. The van der Waals surface area contributed by atoms with Gasteiger partial charge in [-0.25, -0.2) is 4.98 Å². The molecule has 0 spiro atoms. The van der Waals surface area contributed by atoms with Crippen molar-refractivity contribution in [1.29, 1.82) is 0 Å². The molecule has 0 fully saturated rings. The van der Waals surface area contributed by atoms with Crippen LogP contribution in [0.4, 0.5) is 5.82 Å². The van der Waals surface area contributed by atoms with Crippen molar-refractivity contribution in [1.82, 2.24) is 9.55 Å². The Morgan fingerprint density at radius 2 is 2.10 bits per heavy atom. The third-order valence-corrected chi connectivity index (χ3v) is 2.73. The summed E-state index contributed by atoms with van der Waals surface area (Å²) in [6, 6.07) is 9.87. The molecule has 0 radical (unpaired) electrons. The number of hydrogen-bond acceptors (Lipinski definition) is 4. The van der Waals surface area contributed by atoms with Gasteiger partial charge in [0.15, 0.2) is 5.69 Å². The summed E-state index contributed by atoms with van der Waals surface area (Å²) in [5, 5.41) is 0. The third-order valence-electron chi connectivity index (χ3n) is 2.73. The summed E-state index contributed by atoms with van der Waals surface area (Å²) in [5.41, 5.74) is 7.51. The molecule has 1 heterocycles. The average Bonchev–Trinajstić information content (AvgIpc) is 2.79. The summed E-state index contributed by atoms with van der Waals surface area (Å²) in [7, 11) is 1.43. The summed E-state index contributed by atoms with van der Waals surface area (Å²) in [4.78, 5) is 19.0. The fraction of sp³-hybridized carbons (Fsp3) is 0.214. The highest BCUT2D eigenvalue weighted by molar-refractivity contribution is 6.02. The standard InChI is InChI=1S/C14H16N4O2/c1-10(19)17-14(20-2)12-13(15)18(9-16-12)8-11-6-4-3-5-7-11/h3-7,9H,8,15H2,1-2H3. The zero-order valence-electron chi connectivity index (χ0n) is 11.4. The number of nitrogens with two attached hydrogens (primary N) is 1. The molecular formula is C14H16N4O2. The number of ether oxygens (including phenoxy) is 1. The zero-order chi connectivity index (χ0) is 14.5. The maximum absolute atomic E-state index is 11.1. The monoisotopic (exact) mass is 272 g/mol. The first-order chi connectivity index (χ1) is 9.61. The average molecular weight is 272 g/mol. The van der Waals surface area contributed by atoms with Gasteiger partial charge in [0, 0.05) is 6.92 Å². The molecule has 0 aliphatic heterocycles. The molecule has 0 aliphatic rings. The molecular weight excluding hydrogens is 256 g/mol. The number of aliphatic imine (C=N–C) groups is 1. The second-order valence-electron chi connectivity index (χ2n) is 4.23. The van der Waals surface area contributed by atoms with Crippen LogP contribution >= 0.6 is 0 Å². The van der Waals surface area contributed by atoms with Crippen LogP contribution in [0.2, 0.25) is 0 Å². The molecule has 104 valence electrons. The number of carbonyl (C=O) groups is 1. The molecule has 0 saturated carbocycles. The summed E-state index contributed by atoms with van der Waals surface area (Å²) >= 11 is 0. The highest BCUT2D eigenvalue weighted by atomic mass is 16.5. The van der Waals surface area contributed by atoms with Gasteiger partial charge in [-0.15, -0.1) is 0 Å². The summed E-state index contributed by atoms with van der Waals surface area (Å²) in [5.74, 6) is 0.177. The number of imidazole rings is 1. The first-order valence-corrected chi connectivity index (χ1v) is 6.10. The van der Waals surface area contributed by atoms with Gasteiger partial charge < -0.3 is 15.0 Å². The molecule has 0 unspecified atom stereocenters. The van der Waals surface area contributed by atoms with Crippen molar-refractivity contribution in [3.63, 3.8) is 0 Å². The molecule has 0 saturated heterocycles. The van der Waals surface area contributed by atoms with E-state index in [2.05, 4.69) is 9.98 Å². The highest BCUT2D eigenvalue weighted by Crippen LogP contribution is 2.14. The minimum atomic E-state index is -0.362. The minimum absolute atomic E-state index is 0.127. The SMILES string of the molecule is COC(=NC(C)=O)c1ncn(Cc2ccccc2)c1N. The van der Waals surface area contributed by atoms with Crippen LogP contribution in [0.25, 0.3) is 0 Å². The fourth-order valence-corrected chi connectivity index (χ4v) is 1.80. The predicted octanol–water partition coefficient (Wildman–Crippen LogP) is 1.45. The number of hydrogen-bond donors (Lipinski definition) is 1. The lowest BCUT2D eigenvalue weighted by molar-refractivity contribution is -0.115. The Labute approximate surface area is 116 Å². The molecule has 0 atom stereocenters. The van der Waals surface area contributed by atoms with Crippen molar-refractivity contribution in [2.45, 2.75) is 13.5 Å². The Kier molecular flexibility index (Phi) is 4.14. The van der Waals surface area contributed by atoms with Crippen molar-refractivity contribution >= 4 is 17.6 Å². The first-order valence-electron chi connectivity index (χ1n) is 6.10. The Morgan fingerprint density at radius 3 is 2.70 bits per heavy atom. The van der Waals surface area contributed by atoms with Crippen LogP contribution < -0.4 is 5.73 Å². The molecule has 1 amide bonds. The summed E-state index contributed by atoms with van der Waals surface area (Å²) < 4.78 is 6.84. The maximum Gasteiger partial charge on any atom is 0.246 e. The van der Waals surface area contributed by atoms with Gasteiger partial charge in [0.25, 0.3) is 0 Å². The van der Waals surface area contributed by atoms with E-state index in [-0.39, 0.29) is 11.8 Å². The van der Waals surface area contributed by atoms with Crippen LogP contribution in [0.15, 0.2) is 41.7 Å². The molecule has 2 N–H and O–H groups in total. The number of nitrogens with zero attached hydrogens (tertiary/aromatic N) is 3. The van der Waals surface area contributed by atoms with Crippen LogP contribution in [-0.2, 0) is 16.1 Å². The lowest BCUT2D eigenvalue weighted by Gasteiger charge is -2.06. The predicted molar refractivity (Wildman–Crippen MR) is 76.4 cm³/mol. The molecule has 6 nitrogen and oxygen atoms in total. The van der Waals surface area contributed by atoms with Gasteiger partial charge in [0.2, 0.25) is 11.8 Å². The second kappa shape index (κ2) is 6.01. The van der Waals surface area contributed by atoms with E-state index in [4.69, 9.17) is 10.5 Å². The van der Waals surface area contributed by atoms with Crippen molar-refractivity contribution < 1.29 is 9.53 Å². The molecule has 20 heavy (non-hydrogen) atoms. The largest absolute Gasteiger partial charge is 0.479 e. The van der Waals surface area contributed by atoms with E-state index in [1.807, 2.05) is 30.3 Å². The van der Waals surface area contributed by atoms with Crippen LogP contribution in [-0.4, -0.2) is 28.5 Å². The van der Waals surface area contributed by atoms with Gasteiger partial charge in [-0.05, 0) is 5.56 Å². The lowest BCUT2D eigenvalue weighted by atomic mass is 10.2. The zero-order valence-corrected chi connectivity index (χ0v) is 11.4. The van der Waals surface area contributed by atoms with Gasteiger partial charge in [0.1, 0.15) is 5.82 Å². The number of aromatic nitrogens is 2. The van der Waals surface area contributed by atoms with Crippen molar-refractivity contribution in [2.24, 2.45) is 4.99 Å². The Morgan fingerprint density at radius 1 is 1.40 bits per heavy atom. The molecule has 0 bridgehead atoms. The number of benzene rings is 1. The van der Waals surface area contributed by atoms with E-state index in [1.54, 1.807) is 10.9 Å². The van der Waals surface area contributed by atoms with Crippen molar-refractivity contribution in [3.05, 3.63) is 47.9 Å². The summed E-state index contributed by atoms with van der Waals surface area (Å²) in [6.45, 7) is 1.94. The lowest BCUT2D eigenvalue weighted by Crippen LogP contribution is -2.11. The smallest absolute Gasteiger partial charge is 0.246 e. The van der Waals surface area contributed by atoms with Crippen LogP contribution in [0.1, 0.15) is 18.2 Å². The Hall–Kier alpha value is -2.63. The molecule has 0 aliphatic carbocycles. The van der Waals surface area contributed by atoms with Gasteiger partial charge in [-0.1, -0.05) is 30.3 Å². The van der Waals surface area contributed by atoms with E-state index in [0.29, 0.717) is 18.1 Å². The molecule has 1 aromatic carbocycles. The van der Waals surface area contributed by atoms with Crippen LogP contribution in [0.5, 0.6) is 0 Å². The van der Waals surface area contributed by atoms with Crippen LogP contribution in [0, 0.1) is 0 Å². The van der Waals surface area contributed by atoms with E-state index in [9.17, 15) is 4.79 Å². The van der Waals surface area contributed by atoms with E-state index < -0.39 is 0 Å². The molecule has 2 rings (SSSR count). The minimum Gasteiger partial charge on any atom is -0.479 e. The van der Waals surface area contributed by atoms with Crippen molar-refractivity contribution in [2.75, 3.05) is 12.8 Å². The fourth-order valence-electron chi connectivity index (χ4n) is 1.80. The molecule has 6 heteroatoms. The maximum atomic E-state index is 11.1. The highest BCUT2D eigenvalue weighted by Gasteiger charge is 2.15. The summed E-state index contributed by atoms with van der Waals surface area (Å²) in [6.07, 6.45) is 1.60. The van der Waals surface area contributed by atoms with Gasteiger partial charge in [-0.3, -0.25) is 4.79 Å². The number of methoxy groups -OCH3 is 1. The van der Waals surface area contributed by atoms with Crippen molar-refractivity contribution in [3.8, 4) is 0 Å².